The summed E-state index contributed by atoms with van der Waals surface area (Å²) in [6.45, 7) is 1.22. The maximum absolute atomic E-state index is 12.6. The molecule has 2 aromatic rings. The molecule has 0 bridgehead atoms. The van der Waals surface area contributed by atoms with E-state index >= 15 is 0 Å². The smallest absolute Gasteiger partial charge is 0.261 e. The molecule has 1 atom stereocenters. The summed E-state index contributed by atoms with van der Waals surface area (Å²) in [5, 5.41) is 3.49. The minimum absolute atomic E-state index is 0.0536. The Morgan fingerprint density at radius 3 is 2.30 bits per heavy atom. The Morgan fingerprint density at radius 2 is 1.67 bits per heavy atom. The lowest BCUT2D eigenvalue weighted by molar-refractivity contribution is 0.0648. The van der Waals surface area contributed by atoms with Gasteiger partial charge >= 0.3 is 0 Å². The number of imide groups is 1. The van der Waals surface area contributed by atoms with Crippen LogP contribution in [0.4, 0.5) is 0 Å². The predicted octanol–water partition coefficient (Wildman–Crippen LogP) is 2.58. The molecule has 6 heteroatoms. The Hall–Kier alpha value is -2.86. The molecule has 0 saturated carbocycles. The Balaban J connectivity index is 1.54. The number of nitrogens with one attached hydrogen (secondary N) is 1. The third-order valence-electron chi connectivity index (χ3n) is 5.33. The largest absolute Gasteiger partial charge is 0.493 e. The number of hydrogen-bond donors (Lipinski definition) is 1. The van der Waals surface area contributed by atoms with E-state index in [0.29, 0.717) is 29.8 Å². The third-order valence-corrected chi connectivity index (χ3v) is 5.33. The van der Waals surface area contributed by atoms with Gasteiger partial charge in [0.2, 0.25) is 0 Å². The molecule has 0 radical (unpaired) electrons. The summed E-state index contributed by atoms with van der Waals surface area (Å²) in [5.41, 5.74) is 3.33. The molecule has 2 aliphatic heterocycles. The van der Waals surface area contributed by atoms with Crippen LogP contribution >= 0.6 is 0 Å². The van der Waals surface area contributed by atoms with Crippen molar-refractivity contribution in [2.24, 2.45) is 0 Å². The van der Waals surface area contributed by atoms with E-state index in [-0.39, 0.29) is 17.9 Å². The van der Waals surface area contributed by atoms with Crippen LogP contribution in [0.25, 0.3) is 0 Å². The van der Waals surface area contributed by atoms with Gasteiger partial charge < -0.3 is 14.8 Å². The van der Waals surface area contributed by atoms with Gasteiger partial charge in [0.25, 0.3) is 11.8 Å². The second-order valence-electron chi connectivity index (χ2n) is 6.76. The standard InChI is InChI=1S/C21H22N2O4/c1-26-18-11-13-7-9-22-17(16(13)12-19(18)27-2)8-10-23-20(24)14-5-3-4-6-15(14)21(23)25/h3-6,11-12,17,22H,7-10H2,1-2H3. The fourth-order valence-electron chi connectivity index (χ4n) is 3.93. The zero-order valence-electron chi connectivity index (χ0n) is 15.5. The van der Waals surface area contributed by atoms with Crippen molar-refractivity contribution in [3.8, 4) is 11.5 Å². The van der Waals surface area contributed by atoms with Gasteiger partial charge in [-0.25, -0.2) is 0 Å². The van der Waals surface area contributed by atoms with Crippen LogP contribution in [0.3, 0.4) is 0 Å². The second kappa shape index (κ2) is 7.04. The number of carbonyl (C=O) groups excluding carboxylic acids is 2. The molecule has 1 N–H and O–H groups in total. The zero-order valence-corrected chi connectivity index (χ0v) is 15.5. The third kappa shape index (κ3) is 2.96. The zero-order chi connectivity index (χ0) is 19.0. The molecule has 0 aromatic heterocycles. The average Bonchev–Trinajstić information content (AvgIpc) is 2.95. The molecule has 2 aromatic carbocycles. The fraction of sp³-hybridized carbons (Fsp3) is 0.333. The van der Waals surface area contributed by atoms with E-state index < -0.39 is 0 Å². The van der Waals surface area contributed by atoms with Crippen LogP contribution in [-0.2, 0) is 6.42 Å². The van der Waals surface area contributed by atoms with Crippen LogP contribution < -0.4 is 14.8 Å². The summed E-state index contributed by atoms with van der Waals surface area (Å²) in [6, 6.07) is 11.1. The Bertz CT molecular complexity index is 874. The highest BCUT2D eigenvalue weighted by Crippen LogP contribution is 2.36. The number of methoxy groups -OCH3 is 2. The molecule has 6 nitrogen and oxygen atoms in total. The molecular weight excluding hydrogens is 344 g/mol. The van der Waals surface area contributed by atoms with Crippen molar-refractivity contribution in [1.29, 1.82) is 0 Å². The first-order chi connectivity index (χ1) is 13.1. The van der Waals surface area contributed by atoms with E-state index in [9.17, 15) is 9.59 Å². The number of amides is 2. The Labute approximate surface area is 158 Å². The van der Waals surface area contributed by atoms with Crippen molar-refractivity contribution in [3.05, 3.63) is 58.7 Å². The summed E-state index contributed by atoms with van der Waals surface area (Å²) in [4.78, 5) is 26.5. The van der Waals surface area contributed by atoms with Gasteiger partial charge in [-0.3, -0.25) is 14.5 Å². The molecule has 2 heterocycles. The molecule has 0 spiro atoms. The first-order valence-corrected chi connectivity index (χ1v) is 9.07. The summed E-state index contributed by atoms with van der Waals surface area (Å²) in [7, 11) is 3.25. The number of benzene rings is 2. The van der Waals surface area contributed by atoms with Gasteiger partial charge in [-0.05, 0) is 54.8 Å². The first-order valence-electron chi connectivity index (χ1n) is 9.07. The number of rotatable bonds is 5. The normalized spacial score (nSPS) is 18.3. The molecule has 0 saturated heterocycles. The van der Waals surface area contributed by atoms with Crippen LogP contribution in [0.1, 0.15) is 44.3 Å². The molecular formula is C21H22N2O4. The second-order valence-corrected chi connectivity index (χ2v) is 6.76. The SMILES string of the molecule is COc1cc2c(cc1OC)C(CCN1C(=O)c3ccccc3C1=O)NCC2. The highest BCUT2D eigenvalue weighted by atomic mass is 16.5. The molecule has 1 unspecified atom stereocenters. The van der Waals surface area contributed by atoms with Crippen LogP contribution in [0.5, 0.6) is 11.5 Å². The first kappa shape index (κ1) is 17.5. The van der Waals surface area contributed by atoms with Gasteiger partial charge in [0.1, 0.15) is 0 Å². The van der Waals surface area contributed by atoms with E-state index in [1.807, 2.05) is 12.1 Å². The van der Waals surface area contributed by atoms with Crippen molar-refractivity contribution in [3.63, 3.8) is 0 Å². The molecule has 140 valence electrons. The maximum atomic E-state index is 12.6. The number of ether oxygens (including phenoxy) is 2. The van der Waals surface area contributed by atoms with Crippen molar-refractivity contribution in [2.75, 3.05) is 27.3 Å². The summed E-state index contributed by atoms with van der Waals surface area (Å²) >= 11 is 0. The highest BCUT2D eigenvalue weighted by molar-refractivity contribution is 6.21. The lowest BCUT2D eigenvalue weighted by Gasteiger charge is -2.29. The van der Waals surface area contributed by atoms with Crippen LogP contribution in [-0.4, -0.2) is 44.0 Å². The fourth-order valence-corrected chi connectivity index (χ4v) is 3.93. The lowest BCUT2D eigenvalue weighted by atomic mass is 9.91. The van der Waals surface area contributed by atoms with Gasteiger partial charge in [-0.1, -0.05) is 12.1 Å². The van der Waals surface area contributed by atoms with Crippen molar-refractivity contribution < 1.29 is 19.1 Å². The van der Waals surface area contributed by atoms with E-state index in [1.54, 1.807) is 38.5 Å². The van der Waals surface area contributed by atoms with Gasteiger partial charge in [-0.2, -0.15) is 0 Å². The number of fused-ring (bicyclic) bond motifs is 2. The predicted molar refractivity (Wildman–Crippen MR) is 100 cm³/mol. The number of nitrogens with zero attached hydrogens (tertiary/aromatic N) is 1. The van der Waals surface area contributed by atoms with E-state index in [2.05, 4.69) is 5.32 Å². The summed E-state index contributed by atoms with van der Waals surface area (Å²) < 4.78 is 10.8. The minimum Gasteiger partial charge on any atom is -0.493 e. The van der Waals surface area contributed by atoms with Crippen LogP contribution in [0.2, 0.25) is 0 Å². The monoisotopic (exact) mass is 366 g/mol. The molecule has 2 amide bonds. The molecule has 4 rings (SSSR count). The van der Waals surface area contributed by atoms with Gasteiger partial charge in [-0.15, -0.1) is 0 Å². The van der Waals surface area contributed by atoms with Crippen LogP contribution in [0.15, 0.2) is 36.4 Å². The average molecular weight is 366 g/mol. The van der Waals surface area contributed by atoms with Gasteiger partial charge in [0, 0.05) is 12.6 Å². The van der Waals surface area contributed by atoms with Crippen molar-refractivity contribution in [2.45, 2.75) is 18.9 Å². The van der Waals surface area contributed by atoms with E-state index in [0.717, 1.165) is 24.3 Å². The van der Waals surface area contributed by atoms with E-state index in [1.165, 1.54) is 10.5 Å². The van der Waals surface area contributed by atoms with Gasteiger partial charge in [0.05, 0.1) is 25.3 Å². The van der Waals surface area contributed by atoms with Crippen molar-refractivity contribution in [1.82, 2.24) is 10.2 Å². The topological polar surface area (TPSA) is 67.9 Å². The molecule has 27 heavy (non-hydrogen) atoms. The molecule has 0 aliphatic carbocycles. The quantitative estimate of drug-likeness (QED) is 0.824. The maximum Gasteiger partial charge on any atom is 0.261 e. The van der Waals surface area contributed by atoms with E-state index in [4.69, 9.17) is 9.47 Å². The summed E-state index contributed by atoms with van der Waals surface area (Å²) in [6.07, 6.45) is 1.55. The van der Waals surface area contributed by atoms with Crippen LogP contribution in [0, 0.1) is 0 Å². The lowest BCUT2D eigenvalue weighted by Crippen LogP contribution is -2.36. The Morgan fingerprint density at radius 1 is 1.04 bits per heavy atom. The minimum atomic E-state index is -0.209. The number of hydrogen-bond acceptors (Lipinski definition) is 5. The number of carbonyl (C=O) groups is 2. The van der Waals surface area contributed by atoms with Crippen molar-refractivity contribution >= 4 is 11.8 Å². The molecule has 2 aliphatic rings. The Kier molecular flexibility index (Phi) is 4.58. The highest BCUT2D eigenvalue weighted by Gasteiger charge is 2.35. The molecule has 0 fully saturated rings. The van der Waals surface area contributed by atoms with Gasteiger partial charge in [0.15, 0.2) is 11.5 Å². The summed E-state index contributed by atoms with van der Waals surface area (Å²) in [5.74, 6) is 0.987.